The van der Waals surface area contributed by atoms with Gasteiger partial charge in [-0.1, -0.05) is 61.9 Å². The van der Waals surface area contributed by atoms with Crippen LogP contribution in [0.15, 0.2) is 66.3 Å². The van der Waals surface area contributed by atoms with Crippen LogP contribution in [-0.4, -0.2) is 75.0 Å². The van der Waals surface area contributed by atoms with E-state index in [2.05, 4.69) is 36.8 Å². The minimum absolute atomic E-state index is 0.00395. The number of carbonyl (C=O) groups excluding carboxylic acids is 1. The van der Waals surface area contributed by atoms with Crippen LogP contribution in [-0.2, 0) is 17.8 Å². The first-order valence-corrected chi connectivity index (χ1v) is 18.9. The molecule has 288 valence electrons. The number of hydrogen-bond acceptors (Lipinski definition) is 7. The SMILES string of the molecule is C[C@]12CC[C@H]3[C@]4(C=C[C@@]5(C=C4C(=O)Cc4c(F)cccc4Cl)CC(O)CC[C@]35C)[C@@H]1CC[C@@]2(O)CN(Cc1ccc(OC(F)(F)F)cc1)C[C@H](O)CO. The van der Waals surface area contributed by atoms with Crippen molar-refractivity contribution in [3.05, 3.63) is 88.2 Å². The highest BCUT2D eigenvalue weighted by atomic mass is 35.5. The van der Waals surface area contributed by atoms with Crippen LogP contribution >= 0.6 is 11.6 Å². The summed E-state index contributed by atoms with van der Waals surface area (Å²) >= 11 is 6.43. The zero-order valence-electron chi connectivity index (χ0n) is 30.0. The molecule has 2 spiro atoms. The van der Waals surface area contributed by atoms with Crippen molar-refractivity contribution in [1.29, 1.82) is 0 Å². The molecule has 0 amide bonds. The predicted molar refractivity (Wildman–Crippen MR) is 190 cm³/mol. The average molecular weight is 762 g/mol. The van der Waals surface area contributed by atoms with Gasteiger partial charge in [0.15, 0.2) is 5.78 Å². The number of fused-ring (bicyclic) bond motifs is 1. The van der Waals surface area contributed by atoms with Gasteiger partial charge < -0.3 is 25.2 Å². The van der Waals surface area contributed by atoms with Crippen LogP contribution < -0.4 is 4.74 Å². The smallest absolute Gasteiger partial charge is 0.406 e. The summed E-state index contributed by atoms with van der Waals surface area (Å²) in [6, 6.07) is 9.80. The largest absolute Gasteiger partial charge is 0.573 e. The summed E-state index contributed by atoms with van der Waals surface area (Å²) in [6.07, 6.45) is 4.00. The van der Waals surface area contributed by atoms with Gasteiger partial charge in [0.25, 0.3) is 0 Å². The number of ketones is 1. The third kappa shape index (κ3) is 6.27. The van der Waals surface area contributed by atoms with Gasteiger partial charge in [0.05, 0.1) is 24.4 Å². The topological polar surface area (TPSA) is 110 Å². The average Bonchev–Trinajstić information content (AvgIpc) is 3.36. The zero-order valence-corrected chi connectivity index (χ0v) is 30.8. The van der Waals surface area contributed by atoms with Gasteiger partial charge >= 0.3 is 6.36 Å². The minimum Gasteiger partial charge on any atom is -0.406 e. The van der Waals surface area contributed by atoms with E-state index in [-0.39, 0.29) is 65.4 Å². The summed E-state index contributed by atoms with van der Waals surface area (Å²) in [5.41, 5.74) is -2.25. The Labute approximate surface area is 312 Å². The number of halogens is 5. The van der Waals surface area contributed by atoms with Crippen LogP contribution in [0.4, 0.5) is 17.6 Å². The quantitative estimate of drug-likeness (QED) is 0.145. The fourth-order valence-corrected chi connectivity index (χ4v) is 11.8. The summed E-state index contributed by atoms with van der Waals surface area (Å²) in [5, 5.41) is 44.3. The molecule has 6 aliphatic rings. The van der Waals surface area contributed by atoms with Crippen LogP contribution in [0, 0.1) is 39.3 Å². The number of nitrogens with zero attached hydrogens (tertiary/aromatic N) is 1. The number of aliphatic hydroxyl groups is 4. The standard InChI is InChI=1S/C41H48ClF4NO6/c1-36-13-10-26(49)19-38(36)16-17-40(30(20-38)33(51)18-29-31(42)4-3-5-32(29)43)34(36)11-14-37(2)35(40)12-15-39(37,52)24-47(22-27(50)23-48)21-25-6-8-28(9-7-25)53-41(44,45)46/h3-9,16-17,20,26-27,34-35,48-50,52H,10-15,18-19,21-24H2,1-2H3/t26?,27-,34+,35+,36+,37-,38-,39+,40+/m0/s1. The molecule has 0 saturated heterocycles. The second kappa shape index (κ2) is 13.4. The molecule has 6 aliphatic carbocycles. The van der Waals surface area contributed by atoms with Crippen molar-refractivity contribution in [3.63, 3.8) is 0 Å². The van der Waals surface area contributed by atoms with Crippen molar-refractivity contribution in [2.45, 2.75) is 95.9 Å². The fraction of sp³-hybridized carbons (Fsp3) is 0.585. The fourth-order valence-electron chi connectivity index (χ4n) is 11.6. The van der Waals surface area contributed by atoms with E-state index in [1.165, 1.54) is 36.4 Å². The van der Waals surface area contributed by atoms with Gasteiger partial charge in [-0.3, -0.25) is 9.69 Å². The molecule has 2 aromatic carbocycles. The van der Waals surface area contributed by atoms with Crippen molar-refractivity contribution in [2.24, 2.45) is 33.5 Å². The van der Waals surface area contributed by atoms with Crippen LogP contribution in [0.5, 0.6) is 5.75 Å². The van der Waals surface area contributed by atoms with Crippen molar-refractivity contribution in [3.8, 4) is 5.75 Å². The Morgan fingerprint density at radius 2 is 1.70 bits per heavy atom. The molecular formula is C41H48ClF4NO6. The van der Waals surface area contributed by atoms with E-state index in [1.807, 2.05) is 4.90 Å². The van der Waals surface area contributed by atoms with Crippen molar-refractivity contribution in [2.75, 3.05) is 19.7 Å². The predicted octanol–water partition coefficient (Wildman–Crippen LogP) is 6.94. The molecule has 7 nitrogen and oxygen atoms in total. The highest BCUT2D eigenvalue weighted by Crippen LogP contribution is 2.78. The second-order valence-electron chi connectivity index (χ2n) is 16.8. The van der Waals surface area contributed by atoms with Gasteiger partial charge in [-0.15, -0.1) is 13.2 Å². The molecule has 0 aliphatic heterocycles. The number of carbonyl (C=O) groups is 1. The van der Waals surface area contributed by atoms with Gasteiger partial charge in [-0.2, -0.15) is 0 Å². The van der Waals surface area contributed by atoms with E-state index in [4.69, 9.17) is 11.6 Å². The molecule has 4 N–H and O–H groups in total. The summed E-state index contributed by atoms with van der Waals surface area (Å²) in [6.45, 7) is 4.13. The number of rotatable bonds is 11. The first kappa shape index (κ1) is 38.5. The Balaban J connectivity index is 1.24. The summed E-state index contributed by atoms with van der Waals surface area (Å²) < 4.78 is 57.5. The lowest BCUT2D eigenvalue weighted by molar-refractivity contribution is -0.274. The van der Waals surface area contributed by atoms with Crippen LogP contribution in [0.3, 0.4) is 0 Å². The first-order chi connectivity index (χ1) is 24.9. The van der Waals surface area contributed by atoms with E-state index >= 15 is 4.39 Å². The van der Waals surface area contributed by atoms with Gasteiger partial charge in [-0.25, -0.2) is 4.39 Å². The lowest BCUT2D eigenvalue weighted by Gasteiger charge is -2.71. The van der Waals surface area contributed by atoms with Gasteiger partial charge in [-0.05, 0) is 92.0 Å². The summed E-state index contributed by atoms with van der Waals surface area (Å²) in [5.74, 6) is -1.30. The number of allylic oxidation sites excluding steroid dienone is 4. The maximum absolute atomic E-state index is 15.1. The van der Waals surface area contributed by atoms with Crippen LogP contribution in [0.1, 0.15) is 69.9 Å². The van der Waals surface area contributed by atoms with Crippen LogP contribution in [0.2, 0.25) is 5.02 Å². The van der Waals surface area contributed by atoms with E-state index < -0.39 is 52.8 Å². The molecular weight excluding hydrogens is 714 g/mol. The molecule has 3 saturated carbocycles. The second-order valence-corrected chi connectivity index (χ2v) is 17.2. The molecule has 8 rings (SSSR count). The lowest BCUT2D eigenvalue weighted by Crippen LogP contribution is -2.67. The maximum Gasteiger partial charge on any atom is 0.573 e. The Hall–Kier alpha value is -2.80. The molecule has 0 radical (unpaired) electrons. The number of ether oxygens (including phenoxy) is 1. The van der Waals surface area contributed by atoms with Gasteiger partial charge in [0, 0.05) is 58.5 Å². The maximum atomic E-state index is 15.1. The van der Waals surface area contributed by atoms with Gasteiger partial charge in [0.2, 0.25) is 0 Å². The molecule has 3 fully saturated rings. The zero-order chi connectivity index (χ0) is 38.2. The molecule has 2 aromatic rings. The lowest BCUT2D eigenvalue weighted by atomic mass is 9.32. The number of alkyl halides is 3. The Morgan fingerprint density at radius 1 is 1.02 bits per heavy atom. The first-order valence-electron chi connectivity index (χ1n) is 18.5. The van der Waals surface area contributed by atoms with Crippen molar-refractivity contribution < 1.29 is 47.5 Å². The van der Waals surface area contributed by atoms with Gasteiger partial charge in [0.1, 0.15) is 11.6 Å². The summed E-state index contributed by atoms with van der Waals surface area (Å²) in [4.78, 5) is 16.5. The van der Waals surface area contributed by atoms with Crippen molar-refractivity contribution >= 4 is 17.4 Å². The van der Waals surface area contributed by atoms with E-state index in [0.29, 0.717) is 49.7 Å². The molecule has 0 aromatic heterocycles. The summed E-state index contributed by atoms with van der Waals surface area (Å²) in [7, 11) is 0. The molecule has 53 heavy (non-hydrogen) atoms. The molecule has 9 atom stereocenters. The van der Waals surface area contributed by atoms with E-state index in [1.54, 1.807) is 6.07 Å². The highest BCUT2D eigenvalue weighted by Gasteiger charge is 2.74. The highest BCUT2D eigenvalue weighted by molar-refractivity contribution is 6.31. The molecule has 2 bridgehead atoms. The molecule has 12 heteroatoms. The van der Waals surface area contributed by atoms with Crippen LogP contribution in [0.25, 0.3) is 0 Å². The monoisotopic (exact) mass is 761 g/mol. The van der Waals surface area contributed by atoms with Crippen molar-refractivity contribution in [1.82, 2.24) is 4.90 Å². The number of benzene rings is 2. The molecule has 1 unspecified atom stereocenters. The molecule has 0 heterocycles. The third-order valence-electron chi connectivity index (χ3n) is 14.1. The Bertz CT molecular complexity index is 1780. The number of hydrogen-bond donors (Lipinski definition) is 4. The van der Waals surface area contributed by atoms with E-state index in [9.17, 15) is 38.4 Å². The normalized spacial score (nSPS) is 36.5. The number of aliphatic hydroxyl groups excluding tert-OH is 3. The Kier molecular flexibility index (Phi) is 9.76. The third-order valence-corrected chi connectivity index (χ3v) is 14.5. The van der Waals surface area contributed by atoms with E-state index in [0.717, 1.165) is 6.42 Å². The minimum atomic E-state index is -4.83. The Morgan fingerprint density at radius 3 is 2.38 bits per heavy atom. The number of Topliss-reactive ketones (excluding diaryl/α,β-unsaturated/α-hetero) is 1.